The van der Waals surface area contributed by atoms with Crippen molar-refractivity contribution in [1.82, 2.24) is 18.3 Å². The number of hydrogen-bond acceptors (Lipinski definition) is 10. The van der Waals surface area contributed by atoms with Crippen molar-refractivity contribution in [3.8, 4) is 104 Å². The van der Waals surface area contributed by atoms with Crippen LogP contribution in [0.15, 0.2) is 231 Å². The van der Waals surface area contributed by atoms with Crippen LogP contribution in [-0.4, -0.2) is 59.9 Å². The van der Waals surface area contributed by atoms with Gasteiger partial charge in [0.25, 0.3) is 0 Å². The lowest BCUT2D eigenvalue weighted by Crippen LogP contribution is -2.09. The lowest BCUT2D eigenvalue weighted by Gasteiger charge is -2.15. The van der Waals surface area contributed by atoms with Crippen LogP contribution < -0.4 is 28.4 Å². The van der Waals surface area contributed by atoms with Crippen LogP contribution in [0, 0.1) is 45.3 Å². The molecule has 0 amide bonds. The first-order valence-electron chi connectivity index (χ1n) is 31.0. The van der Waals surface area contributed by atoms with Gasteiger partial charge in [-0.25, -0.2) is 0 Å². The third-order valence-electron chi connectivity index (χ3n) is 18.4. The third-order valence-corrected chi connectivity index (χ3v) is 18.4. The van der Waals surface area contributed by atoms with Crippen LogP contribution >= 0.6 is 0 Å². The summed E-state index contributed by atoms with van der Waals surface area (Å²) in [6.45, 7) is 0.446. The Balaban J connectivity index is 0.683. The highest BCUT2D eigenvalue weighted by molar-refractivity contribution is 6.13. The standard InChI is InChI=1S/C82H54N8O6/c1-91-57-17-27-69-67-9-5-7-11-75(67)87(77(69)39-57)53-13-23-63(49(35-53)45-83)64-24-14-54(36-50(64)46-84)88-76-12-8-6-10-68(76)70-31-21-61(43-81(70)88)95-33-34-96-62-22-32-74-73-30-20-60(94-4)42-80(73)90(82(74)44-62)56-16-26-66(52(38-56)48-86)65-25-15-55(37-51(65)47-85)89-78-40-58(92-2)18-28-71(78)72-29-19-59(93-3)41-79(72)89/h5-32,35-44H,33-34H2,1-4H3. The molecule has 16 aromatic rings. The first-order chi connectivity index (χ1) is 47.2. The minimum absolute atomic E-state index is 0.221. The number of ether oxygens (including phenoxy) is 6. The second-order valence-electron chi connectivity index (χ2n) is 23.3. The van der Waals surface area contributed by atoms with Crippen molar-refractivity contribution in [2.45, 2.75) is 0 Å². The van der Waals surface area contributed by atoms with Crippen LogP contribution in [-0.2, 0) is 0 Å². The van der Waals surface area contributed by atoms with Crippen molar-refractivity contribution in [1.29, 1.82) is 21.0 Å². The summed E-state index contributed by atoms with van der Waals surface area (Å²) in [5, 5.41) is 51.5. The summed E-state index contributed by atoms with van der Waals surface area (Å²) in [7, 11) is 6.57. The summed E-state index contributed by atoms with van der Waals surface area (Å²) in [6.07, 6.45) is 0. The fourth-order valence-corrected chi connectivity index (χ4v) is 14.0. The summed E-state index contributed by atoms with van der Waals surface area (Å²) in [5.74, 6) is 4.06. The highest BCUT2D eigenvalue weighted by atomic mass is 16.5. The van der Waals surface area contributed by atoms with E-state index in [0.29, 0.717) is 73.3 Å². The monoisotopic (exact) mass is 1250 g/mol. The van der Waals surface area contributed by atoms with Crippen molar-refractivity contribution < 1.29 is 28.4 Å². The fourth-order valence-electron chi connectivity index (χ4n) is 14.0. The minimum atomic E-state index is 0.221. The Bertz CT molecular complexity index is 6060. The number of aromatic nitrogens is 4. The van der Waals surface area contributed by atoms with E-state index in [2.05, 4.69) is 78.9 Å². The van der Waals surface area contributed by atoms with Gasteiger partial charge in [-0.1, -0.05) is 60.7 Å². The molecule has 14 nitrogen and oxygen atoms in total. The van der Waals surface area contributed by atoms with Crippen LogP contribution in [0.5, 0.6) is 34.5 Å². The average molecular weight is 1250 g/mol. The lowest BCUT2D eigenvalue weighted by atomic mass is 9.95. The molecule has 0 aliphatic carbocycles. The molecule has 4 aromatic heterocycles. The molecule has 0 unspecified atom stereocenters. The lowest BCUT2D eigenvalue weighted by molar-refractivity contribution is 0.217. The third kappa shape index (κ3) is 9.36. The van der Waals surface area contributed by atoms with Crippen molar-refractivity contribution in [2.24, 2.45) is 0 Å². The van der Waals surface area contributed by atoms with E-state index in [-0.39, 0.29) is 13.2 Å². The maximum Gasteiger partial charge on any atom is 0.122 e. The van der Waals surface area contributed by atoms with E-state index < -0.39 is 0 Å². The van der Waals surface area contributed by atoms with E-state index in [9.17, 15) is 21.0 Å². The van der Waals surface area contributed by atoms with E-state index >= 15 is 0 Å². The van der Waals surface area contributed by atoms with Gasteiger partial charge >= 0.3 is 0 Å². The van der Waals surface area contributed by atoms with E-state index in [4.69, 9.17) is 28.4 Å². The summed E-state index contributed by atoms with van der Waals surface area (Å²) < 4.78 is 44.1. The summed E-state index contributed by atoms with van der Waals surface area (Å²) in [6, 6.07) is 85.3. The number of nitriles is 4. The van der Waals surface area contributed by atoms with Gasteiger partial charge in [-0.15, -0.1) is 0 Å². The Kier molecular flexibility index (Phi) is 14.1. The maximum atomic E-state index is 10.9. The second-order valence-corrected chi connectivity index (χ2v) is 23.3. The molecular formula is C82H54N8O6. The zero-order valence-corrected chi connectivity index (χ0v) is 52.4. The van der Waals surface area contributed by atoms with Crippen molar-refractivity contribution in [3.05, 3.63) is 253 Å². The molecule has 0 aliphatic heterocycles. The molecule has 14 heteroatoms. The summed E-state index contributed by atoms with van der Waals surface area (Å²) in [4.78, 5) is 0. The molecule has 0 fully saturated rings. The van der Waals surface area contributed by atoms with Crippen LogP contribution in [0.1, 0.15) is 22.3 Å². The molecule has 0 saturated heterocycles. The largest absolute Gasteiger partial charge is 0.497 e. The van der Waals surface area contributed by atoms with E-state index in [1.807, 2.05) is 194 Å². The Hall–Kier alpha value is -13.4. The zero-order valence-electron chi connectivity index (χ0n) is 52.4. The summed E-state index contributed by atoms with van der Waals surface area (Å²) >= 11 is 0. The van der Waals surface area contributed by atoms with Gasteiger partial charge in [-0.05, 0) is 133 Å². The molecule has 0 aliphatic rings. The molecule has 0 N–H and O–H groups in total. The molecule has 96 heavy (non-hydrogen) atoms. The molecule has 0 radical (unpaired) electrons. The van der Waals surface area contributed by atoms with Gasteiger partial charge in [0.2, 0.25) is 0 Å². The van der Waals surface area contributed by atoms with E-state index in [1.54, 1.807) is 28.4 Å². The fraction of sp³-hybridized carbons (Fsp3) is 0.0732. The highest BCUT2D eigenvalue weighted by Crippen LogP contribution is 2.43. The number of rotatable bonds is 15. The Morgan fingerprint density at radius 3 is 0.740 bits per heavy atom. The predicted molar refractivity (Wildman–Crippen MR) is 377 cm³/mol. The van der Waals surface area contributed by atoms with Crippen LogP contribution in [0.2, 0.25) is 0 Å². The first-order valence-corrected chi connectivity index (χ1v) is 31.0. The van der Waals surface area contributed by atoms with Gasteiger partial charge in [-0.2, -0.15) is 21.0 Å². The maximum absolute atomic E-state index is 10.9. The van der Waals surface area contributed by atoms with Crippen LogP contribution in [0.25, 0.3) is 132 Å². The van der Waals surface area contributed by atoms with Gasteiger partial charge in [-0.3, -0.25) is 0 Å². The van der Waals surface area contributed by atoms with Gasteiger partial charge in [0.15, 0.2) is 0 Å². The highest BCUT2D eigenvalue weighted by Gasteiger charge is 2.23. The van der Waals surface area contributed by atoms with Crippen molar-refractivity contribution >= 4 is 87.2 Å². The quantitative estimate of drug-likeness (QED) is 0.0900. The molecular weight excluding hydrogens is 1190 g/mol. The minimum Gasteiger partial charge on any atom is -0.497 e. The Morgan fingerprint density at radius 2 is 0.479 bits per heavy atom. The van der Waals surface area contributed by atoms with Gasteiger partial charge in [0.05, 0.1) is 119 Å². The zero-order chi connectivity index (χ0) is 65.3. The number of nitrogens with zero attached hydrogens (tertiary/aromatic N) is 8. The molecule has 0 spiro atoms. The van der Waals surface area contributed by atoms with E-state index in [1.165, 1.54) is 0 Å². The number of para-hydroxylation sites is 2. The Labute approximate surface area is 550 Å². The number of fused-ring (bicyclic) bond motifs is 12. The smallest absolute Gasteiger partial charge is 0.122 e. The molecule has 0 saturated carbocycles. The second kappa shape index (κ2) is 23.4. The van der Waals surface area contributed by atoms with Crippen LogP contribution in [0.3, 0.4) is 0 Å². The predicted octanol–water partition coefficient (Wildman–Crippen LogP) is 18.4. The molecule has 12 aromatic carbocycles. The van der Waals surface area contributed by atoms with Crippen molar-refractivity contribution in [3.63, 3.8) is 0 Å². The van der Waals surface area contributed by atoms with E-state index in [0.717, 1.165) is 116 Å². The Morgan fingerprint density at radius 1 is 0.250 bits per heavy atom. The van der Waals surface area contributed by atoms with Gasteiger partial charge < -0.3 is 46.7 Å². The van der Waals surface area contributed by atoms with Crippen molar-refractivity contribution in [2.75, 3.05) is 41.7 Å². The average Bonchev–Trinajstić information content (AvgIpc) is 1.61. The van der Waals surface area contributed by atoms with Gasteiger partial charge in [0.1, 0.15) is 47.7 Å². The molecule has 4 heterocycles. The number of methoxy groups -OCH3 is 4. The SMILES string of the molecule is COc1ccc2c3ccccc3n(-c3ccc(-c4ccc(-n5c6ccccc6c6ccc(OCCOc7ccc8c9ccc(OC)cc9n(-c9ccc(-c%10ccc(-n%11c%12cc(OC)ccc%12c%12ccc(OC)cc%12%11)cc%10C#N)c(C#N)c9)c8c7)cc65)cc4C#N)c(C#N)c3)c2c1. The van der Waals surface area contributed by atoms with Gasteiger partial charge in [0, 0.05) is 124 Å². The molecule has 16 rings (SSSR count). The summed E-state index contributed by atoms with van der Waals surface area (Å²) in [5.41, 5.74) is 14.6. The molecule has 458 valence electrons. The molecule has 0 atom stereocenters. The normalized spacial score (nSPS) is 11.4. The topological polar surface area (TPSA) is 170 Å². The number of hydrogen-bond donors (Lipinski definition) is 0. The number of benzene rings is 12. The van der Waals surface area contributed by atoms with Crippen LogP contribution in [0.4, 0.5) is 0 Å². The first kappa shape index (κ1) is 57.7. The molecule has 0 bridgehead atoms.